The van der Waals surface area contributed by atoms with Crippen LogP contribution in [0.4, 0.5) is 4.39 Å². The maximum absolute atomic E-state index is 14.4. The maximum atomic E-state index is 14.4. The Kier molecular flexibility index (Phi) is 4.36. The highest BCUT2D eigenvalue weighted by atomic mass is 35.5. The molecule has 0 spiro atoms. The predicted molar refractivity (Wildman–Crippen MR) is 113 cm³/mol. The van der Waals surface area contributed by atoms with Crippen molar-refractivity contribution in [1.82, 2.24) is 29.5 Å². The smallest absolute Gasteiger partial charge is 0.292 e. The third-order valence-electron chi connectivity index (χ3n) is 6.10. The third kappa shape index (κ3) is 3.02. The van der Waals surface area contributed by atoms with Crippen LogP contribution >= 0.6 is 11.6 Å². The van der Waals surface area contributed by atoms with Crippen LogP contribution in [-0.2, 0) is 6.42 Å². The minimum Gasteiger partial charge on any atom is -0.435 e. The van der Waals surface area contributed by atoms with E-state index >= 15 is 0 Å². The molecule has 0 radical (unpaired) electrons. The van der Waals surface area contributed by atoms with Crippen LogP contribution in [0.3, 0.4) is 0 Å². The van der Waals surface area contributed by atoms with Crippen molar-refractivity contribution in [2.24, 2.45) is 0 Å². The molecule has 0 bridgehead atoms. The summed E-state index contributed by atoms with van der Waals surface area (Å²) in [7, 11) is 0. The van der Waals surface area contributed by atoms with E-state index in [0.29, 0.717) is 35.3 Å². The van der Waals surface area contributed by atoms with Gasteiger partial charge in [-0.1, -0.05) is 11.6 Å². The van der Waals surface area contributed by atoms with Crippen LogP contribution in [0.2, 0.25) is 5.02 Å². The number of carbonyl (C=O) groups is 1. The molecule has 1 aliphatic heterocycles. The first-order valence-electron chi connectivity index (χ1n) is 10.6. The Hall–Kier alpha value is -3.20. The Labute approximate surface area is 187 Å². The van der Waals surface area contributed by atoms with E-state index in [-0.39, 0.29) is 17.4 Å². The zero-order valence-electron chi connectivity index (χ0n) is 17.3. The summed E-state index contributed by atoms with van der Waals surface area (Å²) in [5.41, 5.74) is 3.06. The number of pyridine rings is 1. The van der Waals surface area contributed by atoms with E-state index in [1.54, 1.807) is 34.1 Å². The number of alkyl halides is 1. The number of oxazole rings is 1. The van der Waals surface area contributed by atoms with Crippen LogP contribution in [-0.4, -0.2) is 41.9 Å². The van der Waals surface area contributed by atoms with E-state index in [2.05, 4.69) is 20.1 Å². The number of H-pyrrole nitrogens is 1. The lowest BCUT2D eigenvalue weighted by atomic mass is 9.99. The first-order valence-corrected chi connectivity index (χ1v) is 11.0. The Morgan fingerprint density at radius 3 is 3.00 bits per heavy atom. The lowest BCUT2D eigenvalue weighted by Crippen LogP contribution is -2.41. The number of hydrogen-bond acceptors (Lipinski definition) is 5. The molecule has 1 unspecified atom stereocenters. The van der Waals surface area contributed by atoms with Gasteiger partial charge in [0.1, 0.15) is 17.9 Å². The predicted octanol–water partition coefficient (Wildman–Crippen LogP) is 4.39. The highest BCUT2D eigenvalue weighted by Gasteiger charge is 2.40. The van der Waals surface area contributed by atoms with E-state index in [0.717, 1.165) is 24.1 Å². The lowest BCUT2D eigenvalue weighted by Gasteiger charge is -2.33. The number of rotatable bonds is 4. The highest BCUT2D eigenvalue weighted by Crippen LogP contribution is 2.42. The van der Waals surface area contributed by atoms with E-state index in [1.165, 1.54) is 6.92 Å². The standard InChI is InChI=1S/C22H20ClFN6O2/c1-11(24)17-20(32-21(27-17)12-4-5-12)22(31)29-8-6-14-18(26-10-25-14)19(29)15-9-16-13(23)3-2-7-30(16)28-15/h2-3,7,9-12,19H,4-6,8H2,1H3,(H,25,26)/t11?,19-/m0/s1. The second-order valence-corrected chi connectivity index (χ2v) is 8.74. The Morgan fingerprint density at radius 1 is 1.41 bits per heavy atom. The van der Waals surface area contributed by atoms with Crippen LogP contribution in [0.15, 0.2) is 35.1 Å². The number of halogens is 2. The van der Waals surface area contributed by atoms with Gasteiger partial charge >= 0.3 is 0 Å². The van der Waals surface area contributed by atoms with Crippen LogP contribution in [0.25, 0.3) is 5.52 Å². The molecule has 0 aromatic carbocycles. The molecule has 2 atom stereocenters. The van der Waals surface area contributed by atoms with Crippen molar-refractivity contribution >= 4 is 23.0 Å². The van der Waals surface area contributed by atoms with Crippen molar-refractivity contribution in [3.63, 3.8) is 0 Å². The summed E-state index contributed by atoms with van der Waals surface area (Å²) in [6, 6.07) is 4.88. The molecule has 0 saturated heterocycles. The van der Waals surface area contributed by atoms with E-state index in [4.69, 9.17) is 16.0 Å². The molecular formula is C22H20ClFN6O2. The number of hydrogen-bond donors (Lipinski definition) is 1. The normalized spacial score (nSPS) is 19.3. The van der Waals surface area contributed by atoms with Gasteiger partial charge in [0.15, 0.2) is 5.89 Å². The quantitative estimate of drug-likeness (QED) is 0.493. The van der Waals surface area contributed by atoms with Crippen LogP contribution in [0, 0.1) is 0 Å². The Balaban J connectivity index is 1.46. The van der Waals surface area contributed by atoms with Gasteiger partial charge in [-0.15, -0.1) is 0 Å². The average molecular weight is 455 g/mol. The average Bonchev–Trinajstić information content (AvgIpc) is 3.18. The van der Waals surface area contributed by atoms with Crippen LogP contribution < -0.4 is 0 Å². The number of fused-ring (bicyclic) bond motifs is 2. The lowest BCUT2D eigenvalue weighted by molar-refractivity contribution is 0.0648. The molecule has 4 aromatic rings. The van der Waals surface area contributed by atoms with Gasteiger partial charge < -0.3 is 14.3 Å². The van der Waals surface area contributed by atoms with Crippen molar-refractivity contribution in [1.29, 1.82) is 0 Å². The summed E-state index contributed by atoms with van der Waals surface area (Å²) in [6.07, 6.45) is 4.48. The van der Waals surface area contributed by atoms with Crippen molar-refractivity contribution in [3.05, 3.63) is 70.2 Å². The summed E-state index contributed by atoms with van der Waals surface area (Å²) in [5, 5.41) is 5.22. The zero-order valence-corrected chi connectivity index (χ0v) is 18.0. The number of aromatic amines is 1. The molecule has 1 N–H and O–H groups in total. The largest absolute Gasteiger partial charge is 0.435 e. The van der Waals surface area contributed by atoms with Gasteiger partial charge in [-0.25, -0.2) is 18.9 Å². The molecule has 32 heavy (non-hydrogen) atoms. The minimum atomic E-state index is -1.41. The number of amides is 1. The van der Waals surface area contributed by atoms with Gasteiger partial charge in [0.2, 0.25) is 5.76 Å². The van der Waals surface area contributed by atoms with Gasteiger partial charge in [0.25, 0.3) is 5.91 Å². The van der Waals surface area contributed by atoms with Crippen LogP contribution in [0.5, 0.6) is 0 Å². The number of nitrogens with zero attached hydrogens (tertiary/aromatic N) is 5. The summed E-state index contributed by atoms with van der Waals surface area (Å²) < 4.78 is 21.9. The summed E-state index contributed by atoms with van der Waals surface area (Å²) in [4.78, 5) is 27.3. The number of nitrogens with one attached hydrogen (secondary N) is 1. The summed E-state index contributed by atoms with van der Waals surface area (Å²) in [6.45, 7) is 1.77. The van der Waals surface area contributed by atoms with E-state index in [1.807, 2.05) is 6.07 Å². The summed E-state index contributed by atoms with van der Waals surface area (Å²) >= 11 is 6.35. The Bertz CT molecular complexity index is 1340. The van der Waals surface area contributed by atoms with Gasteiger partial charge in [-0.2, -0.15) is 5.10 Å². The third-order valence-corrected chi connectivity index (χ3v) is 6.42. The van der Waals surface area contributed by atoms with Crippen molar-refractivity contribution in [2.45, 2.75) is 44.3 Å². The highest BCUT2D eigenvalue weighted by molar-refractivity contribution is 6.33. The second kappa shape index (κ2) is 7.16. The topological polar surface area (TPSA) is 92.3 Å². The Morgan fingerprint density at radius 2 is 2.25 bits per heavy atom. The number of carbonyl (C=O) groups excluding carboxylic acids is 1. The molecule has 5 heterocycles. The monoisotopic (exact) mass is 454 g/mol. The first kappa shape index (κ1) is 19.5. The minimum absolute atomic E-state index is 0.0346. The van der Waals surface area contributed by atoms with Crippen molar-refractivity contribution in [3.8, 4) is 0 Å². The van der Waals surface area contributed by atoms with Gasteiger partial charge in [-0.05, 0) is 38.0 Å². The molecule has 4 aromatic heterocycles. The van der Waals surface area contributed by atoms with Gasteiger partial charge in [0.05, 0.1) is 28.3 Å². The van der Waals surface area contributed by atoms with Crippen LogP contribution in [0.1, 0.15) is 77.1 Å². The molecule has 6 rings (SSSR count). The number of imidazole rings is 1. The second-order valence-electron chi connectivity index (χ2n) is 8.33. The first-order chi connectivity index (χ1) is 15.5. The fourth-order valence-electron chi connectivity index (χ4n) is 4.34. The molecule has 10 heteroatoms. The van der Waals surface area contributed by atoms with Crippen molar-refractivity contribution < 1.29 is 13.6 Å². The summed E-state index contributed by atoms with van der Waals surface area (Å²) in [5.74, 6) is 0.171. The van der Waals surface area contributed by atoms with E-state index < -0.39 is 18.1 Å². The molecule has 2 aliphatic rings. The number of aromatic nitrogens is 5. The molecule has 164 valence electrons. The zero-order chi connectivity index (χ0) is 22.0. The molecule has 1 aliphatic carbocycles. The fraction of sp³-hybridized carbons (Fsp3) is 0.364. The molecule has 1 saturated carbocycles. The molecule has 1 fully saturated rings. The molecular weight excluding hydrogens is 435 g/mol. The van der Waals surface area contributed by atoms with Crippen molar-refractivity contribution in [2.75, 3.05) is 6.54 Å². The fourth-order valence-corrected chi connectivity index (χ4v) is 4.55. The molecule has 1 amide bonds. The van der Waals surface area contributed by atoms with Gasteiger partial charge in [-0.3, -0.25) is 4.79 Å². The van der Waals surface area contributed by atoms with E-state index in [9.17, 15) is 9.18 Å². The SMILES string of the molecule is CC(F)c1nc(C2CC2)oc1C(=O)N1CCc2[nH]cnc2[C@@H]1c1cc2c(Cl)cccn2n1. The van der Waals surface area contributed by atoms with Gasteiger partial charge in [0, 0.05) is 30.8 Å². The molecule has 8 nitrogen and oxygen atoms in total. The maximum Gasteiger partial charge on any atom is 0.292 e.